The Hall–Kier alpha value is -1.24. The molecule has 0 aromatic carbocycles. The van der Waals surface area contributed by atoms with Crippen LogP contribution in [-0.2, 0) is 9.59 Å². The molecule has 0 N–H and O–H groups in total. The molecule has 1 saturated carbocycles. The SMILES string of the molecule is CC1CC(C)(C)CC(CN=C=O)(N=C=O)C1C. The number of isocyanates is 2. The lowest BCUT2D eigenvalue weighted by Crippen LogP contribution is -2.49. The van der Waals surface area contributed by atoms with Crippen molar-refractivity contribution in [3.05, 3.63) is 0 Å². The molecule has 0 saturated heterocycles. The van der Waals surface area contributed by atoms with E-state index in [1.54, 1.807) is 12.2 Å². The van der Waals surface area contributed by atoms with Crippen molar-refractivity contribution in [2.45, 2.75) is 46.1 Å². The molecule has 0 heterocycles. The minimum absolute atomic E-state index is 0.102. The smallest absolute Gasteiger partial charge is 0.211 e. The van der Waals surface area contributed by atoms with E-state index in [4.69, 9.17) is 0 Å². The summed E-state index contributed by atoms with van der Waals surface area (Å²) in [7, 11) is 0. The van der Waals surface area contributed by atoms with Gasteiger partial charge >= 0.3 is 0 Å². The van der Waals surface area contributed by atoms with Crippen molar-refractivity contribution in [1.82, 2.24) is 0 Å². The van der Waals surface area contributed by atoms with Gasteiger partial charge in [-0.25, -0.2) is 14.6 Å². The summed E-state index contributed by atoms with van der Waals surface area (Å²) in [6.07, 6.45) is 5.06. The van der Waals surface area contributed by atoms with Gasteiger partial charge in [0.15, 0.2) is 0 Å². The molecule has 0 aromatic rings. The van der Waals surface area contributed by atoms with E-state index in [1.165, 1.54) is 0 Å². The minimum Gasteiger partial charge on any atom is -0.211 e. The maximum absolute atomic E-state index is 10.7. The van der Waals surface area contributed by atoms with Crippen LogP contribution < -0.4 is 0 Å². The van der Waals surface area contributed by atoms with Gasteiger partial charge in [0, 0.05) is 0 Å². The molecule has 17 heavy (non-hydrogen) atoms. The molecule has 1 aliphatic rings. The van der Waals surface area contributed by atoms with Crippen LogP contribution in [0.5, 0.6) is 0 Å². The lowest BCUT2D eigenvalue weighted by atomic mass is 9.59. The zero-order chi connectivity index (χ0) is 13.1. The van der Waals surface area contributed by atoms with E-state index in [-0.39, 0.29) is 17.9 Å². The molecule has 3 atom stereocenters. The van der Waals surface area contributed by atoms with Crippen molar-refractivity contribution in [3.8, 4) is 0 Å². The van der Waals surface area contributed by atoms with Crippen LogP contribution in [0, 0.1) is 17.3 Å². The van der Waals surface area contributed by atoms with E-state index in [2.05, 4.69) is 37.7 Å². The number of hydrogen-bond acceptors (Lipinski definition) is 4. The maximum Gasteiger partial charge on any atom is 0.235 e. The molecule has 0 amide bonds. The molecule has 1 rings (SSSR count). The summed E-state index contributed by atoms with van der Waals surface area (Å²) in [4.78, 5) is 28.6. The van der Waals surface area contributed by atoms with Gasteiger partial charge in [-0.15, -0.1) is 0 Å². The highest BCUT2D eigenvalue weighted by molar-refractivity contribution is 5.37. The molecular weight excluding hydrogens is 216 g/mol. The monoisotopic (exact) mass is 236 g/mol. The Kier molecular flexibility index (Phi) is 4.03. The van der Waals surface area contributed by atoms with Crippen molar-refractivity contribution >= 4 is 12.2 Å². The largest absolute Gasteiger partial charge is 0.235 e. The molecule has 0 bridgehead atoms. The number of carbonyl (C=O) groups excluding carboxylic acids is 2. The zero-order valence-corrected chi connectivity index (χ0v) is 11.0. The van der Waals surface area contributed by atoms with Gasteiger partial charge < -0.3 is 0 Å². The summed E-state index contributed by atoms with van der Waals surface area (Å²) in [6, 6.07) is 0. The van der Waals surface area contributed by atoms with Crippen LogP contribution in [0.1, 0.15) is 40.5 Å². The highest BCUT2D eigenvalue weighted by Gasteiger charge is 2.48. The molecule has 0 spiro atoms. The van der Waals surface area contributed by atoms with Crippen molar-refractivity contribution in [2.24, 2.45) is 27.2 Å². The molecule has 1 aliphatic carbocycles. The fourth-order valence-corrected chi connectivity index (χ4v) is 3.28. The molecule has 0 aromatic heterocycles. The van der Waals surface area contributed by atoms with Gasteiger partial charge in [0.25, 0.3) is 0 Å². The van der Waals surface area contributed by atoms with Crippen molar-refractivity contribution in [2.75, 3.05) is 6.54 Å². The lowest BCUT2D eigenvalue weighted by Gasteiger charge is -2.48. The van der Waals surface area contributed by atoms with Crippen LogP contribution in [0.25, 0.3) is 0 Å². The second-order valence-electron chi connectivity index (χ2n) is 6.03. The standard InChI is InChI=1S/C13H20N2O2/c1-10-5-12(3,4)6-13(11(10)2,15-9-17)7-14-8-16/h10-11H,5-7H2,1-4H3. The lowest BCUT2D eigenvalue weighted by molar-refractivity contribution is 0.0569. The van der Waals surface area contributed by atoms with Gasteiger partial charge in [-0.05, 0) is 30.1 Å². The normalized spacial score (nSPS) is 35.5. The van der Waals surface area contributed by atoms with Gasteiger partial charge in [0.2, 0.25) is 12.2 Å². The van der Waals surface area contributed by atoms with Gasteiger partial charge in [0.05, 0.1) is 12.1 Å². The third-order valence-electron chi connectivity index (χ3n) is 4.05. The predicted molar refractivity (Wildman–Crippen MR) is 65.2 cm³/mol. The van der Waals surface area contributed by atoms with Gasteiger partial charge in [-0.3, -0.25) is 0 Å². The Labute approximate surface area is 102 Å². The Morgan fingerprint density at radius 3 is 2.41 bits per heavy atom. The average Bonchev–Trinajstić information content (AvgIpc) is 2.22. The van der Waals surface area contributed by atoms with E-state index < -0.39 is 5.54 Å². The van der Waals surface area contributed by atoms with Crippen molar-refractivity contribution in [1.29, 1.82) is 0 Å². The number of rotatable bonds is 3. The summed E-state index contributed by atoms with van der Waals surface area (Å²) in [5.74, 6) is 0.659. The van der Waals surface area contributed by atoms with Crippen LogP contribution in [0.4, 0.5) is 0 Å². The molecular formula is C13H20N2O2. The van der Waals surface area contributed by atoms with Crippen LogP contribution >= 0.6 is 0 Å². The van der Waals surface area contributed by atoms with Gasteiger partial charge in [0.1, 0.15) is 0 Å². The highest BCUT2D eigenvalue weighted by Crippen LogP contribution is 2.49. The predicted octanol–water partition coefficient (Wildman–Crippen LogP) is 2.49. The zero-order valence-electron chi connectivity index (χ0n) is 11.0. The first-order valence-electron chi connectivity index (χ1n) is 5.99. The average molecular weight is 236 g/mol. The molecule has 0 radical (unpaired) electrons. The summed E-state index contributed by atoms with van der Waals surface area (Å²) < 4.78 is 0. The highest BCUT2D eigenvalue weighted by atomic mass is 16.1. The first kappa shape index (κ1) is 13.8. The first-order valence-corrected chi connectivity index (χ1v) is 5.99. The quantitative estimate of drug-likeness (QED) is 0.558. The second kappa shape index (κ2) is 4.95. The van der Waals surface area contributed by atoms with Crippen LogP contribution in [0.15, 0.2) is 9.98 Å². The van der Waals surface area contributed by atoms with Crippen LogP contribution in [-0.4, -0.2) is 24.2 Å². The number of hydrogen-bond donors (Lipinski definition) is 0. The van der Waals surface area contributed by atoms with E-state index >= 15 is 0 Å². The maximum atomic E-state index is 10.7. The first-order chi connectivity index (χ1) is 7.87. The number of aliphatic imine (C=N–C) groups is 2. The molecule has 3 unspecified atom stereocenters. The fourth-order valence-electron chi connectivity index (χ4n) is 3.28. The van der Waals surface area contributed by atoms with Crippen LogP contribution in [0.2, 0.25) is 0 Å². The minimum atomic E-state index is -0.583. The molecule has 0 aliphatic heterocycles. The Bertz CT molecular complexity index is 379. The molecule has 4 heteroatoms. The van der Waals surface area contributed by atoms with Gasteiger partial charge in [-0.1, -0.05) is 27.7 Å². The van der Waals surface area contributed by atoms with E-state index in [0.29, 0.717) is 5.92 Å². The van der Waals surface area contributed by atoms with E-state index in [9.17, 15) is 9.59 Å². The van der Waals surface area contributed by atoms with E-state index in [1.807, 2.05) is 0 Å². The van der Waals surface area contributed by atoms with E-state index in [0.717, 1.165) is 12.8 Å². The summed E-state index contributed by atoms with van der Waals surface area (Å²) in [5, 5.41) is 0. The van der Waals surface area contributed by atoms with Crippen molar-refractivity contribution in [3.63, 3.8) is 0 Å². The third kappa shape index (κ3) is 2.91. The van der Waals surface area contributed by atoms with Crippen LogP contribution in [0.3, 0.4) is 0 Å². The summed E-state index contributed by atoms with van der Waals surface area (Å²) >= 11 is 0. The molecule has 4 nitrogen and oxygen atoms in total. The second-order valence-corrected chi connectivity index (χ2v) is 6.03. The third-order valence-corrected chi connectivity index (χ3v) is 4.05. The topological polar surface area (TPSA) is 58.9 Å². The Balaban J connectivity index is 3.15. The number of nitrogens with zero attached hydrogens (tertiary/aromatic N) is 2. The Morgan fingerprint density at radius 1 is 1.24 bits per heavy atom. The molecule has 1 fully saturated rings. The summed E-state index contributed by atoms with van der Waals surface area (Å²) in [5.41, 5.74) is -0.481. The van der Waals surface area contributed by atoms with Crippen molar-refractivity contribution < 1.29 is 9.59 Å². The fraction of sp³-hybridized carbons (Fsp3) is 0.846. The molecule has 94 valence electrons. The Morgan fingerprint density at radius 2 is 1.88 bits per heavy atom. The summed E-state index contributed by atoms with van der Waals surface area (Å²) in [6.45, 7) is 8.79. The van der Waals surface area contributed by atoms with Gasteiger partial charge in [-0.2, -0.15) is 4.99 Å².